The lowest BCUT2D eigenvalue weighted by Gasteiger charge is -2.20. The summed E-state index contributed by atoms with van der Waals surface area (Å²) in [5, 5.41) is 0. The predicted molar refractivity (Wildman–Crippen MR) is 60.9 cm³/mol. The molecule has 16 heavy (non-hydrogen) atoms. The molecule has 1 heterocycles. The van der Waals surface area contributed by atoms with E-state index in [0.29, 0.717) is 12.5 Å². The lowest BCUT2D eigenvalue weighted by Crippen LogP contribution is -2.34. The van der Waals surface area contributed by atoms with E-state index >= 15 is 0 Å². The van der Waals surface area contributed by atoms with Crippen LogP contribution in [0, 0.1) is 5.92 Å². The fourth-order valence-corrected chi connectivity index (χ4v) is 1.85. The molecule has 0 radical (unpaired) electrons. The van der Waals surface area contributed by atoms with Crippen molar-refractivity contribution in [2.75, 3.05) is 33.2 Å². The second-order valence-electron chi connectivity index (χ2n) is 4.02. The van der Waals surface area contributed by atoms with Gasteiger partial charge in [0.1, 0.15) is 6.54 Å². The minimum atomic E-state index is -0.0498. The number of carbonyl (C=O) groups excluding carboxylic acids is 2. The van der Waals surface area contributed by atoms with E-state index in [9.17, 15) is 9.59 Å². The topological polar surface area (TPSA) is 79.0 Å². The highest BCUT2D eigenvalue weighted by atomic mass is 16.2. The Balaban J connectivity index is 2.31. The fraction of sp³-hybridized carbons (Fsp3) is 0.700. The molecule has 1 unspecified atom stereocenters. The van der Waals surface area contributed by atoms with Gasteiger partial charge in [-0.2, -0.15) is 0 Å². The van der Waals surface area contributed by atoms with Gasteiger partial charge < -0.3 is 15.5 Å². The van der Waals surface area contributed by atoms with Crippen LogP contribution in [0.15, 0.2) is 4.99 Å². The van der Waals surface area contributed by atoms with Crippen molar-refractivity contribution in [2.45, 2.75) is 6.42 Å². The van der Waals surface area contributed by atoms with Crippen molar-refractivity contribution in [3.63, 3.8) is 0 Å². The van der Waals surface area contributed by atoms with Crippen molar-refractivity contribution in [2.24, 2.45) is 16.6 Å². The maximum Gasteiger partial charge on any atom is 0.244 e. The summed E-state index contributed by atoms with van der Waals surface area (Å²) in [7, 11) is 1.75. The summed E-state index contributed by atoms with van der Waals surface area (Å²) >= 11 is 0. The zero-order valence-corrected chi connectivity index (χ0v) is 9.50. The van der Waals surface area contributed by atoms with Crippen LogP contribution < -0.4 is 5.73 Å². The molecular formula is C10H18N4O2. The van der Waals surface area contributed by atoms with Crippen molar-refractivity contribution >= 4 is 18.7 Å². The highest BCUT2D eigenvalue weighted by Crippen LogP contribution is 2.15. The first-order valence-corrected chi connectivity index (χ1v) is 5.30. The Bertz CT molecular complexity index is 280. The monoisotopic (exact) mass is 226 g/mol. The third-order valence-electron chi connectivity index (χ3n) is 2.76. The lowest BCUT2D eigenvalue weighted by atomic mass is 10.1. The zero-order chi connectivity index (χ0) is 12.0. The van der Waals surface area contributed by atoms with Gasteiger partial charge in [-0.3, -0.25) is 14.6 Å². The molecule has 1 atom stereocenters. The number of hydrogen-bond donors (Lipinski definition) is 1. The molecule has 0 saturated carbocycles. The molecule has 6 nitrogen and oxygen atoms in total. The predicted octanol–water partition coefficient (Wildman–Crippen LogP) is -1.09. The van der Waals surface area contributed by atoms with Gasteiger partial charge in [-0.25, -0.2) is 0 Å². The van der Waals surface area contributed by atoms with Crippen molar-refractivity contribution < 1.29 is 9.59 Å². The van der Waals surface area contributed by atoms with Gasteiger partial charge in [0, 0.05) is 26.7 Å². The summed E-state index contributed by atoms with van der Waals surface area (Å²) in [4.78, 5) is 29.1. The van der Waals surface area contributed by atoms with Crippen LogP contribution in [0.25, 0.3) is 0 Å². The number of amides is 2. The van der Waals surface area contributed by atoms with E-state index in [-0.39, 0.29) is 12.5 Å². The van der Waals surface area contributed by atoms with Crippen LogP contribution in [0.2, 0.25) is 0 Å². The largest absolute Gasteiger partial charge is 0.390 e. The summed E-state index contributed by atoms with van der Waals surface area (Å²) in [6.07, 6.45) is 2.95. The molecule has 1 fully saturated rings. The van der Waals surface area contributed by atoms with Crippen LogP contribution in [0.3, 0.4) is 0 Å². The first-order chi connectivity index (χ1) is 7.67. The Hall–Kier alpha value is -1.59. The van der Waals surface area contributed by atoms with Crippen LogP contribution in [0.1, 0.15) is 6.42 Å². The van der Waals surface area contributed by atoms with E-state index in [1.807, 2.05) is 0 Å². The Morgan fingerprint density at radius 3 is 3.00 bits per heavy atom. The summed E-state index contributed by atoms with van der Waals surface area (Å²) in [6.45, 7) is 2.29. The van der Waals surface area contributed by atoms with Crippen molar-refractivity contribution in [3.8, 4) is 0 Å². The molecule has 2 N–H and O–H groups in total. The second-order valence-corrected chi connectivity index (χ2v) is 4.02. The molecule has 0 aromatic heterocycles. The third-order valence-corrected chi connectivity index (χ3v) is 2.76. The number of carbonyl (C=O) groups is 2. The number of nitrogens with zero attached hydrogens (tertiary/aromatic N) is 3. The molecule has 1 saturated heterocycles. The van der Waals surface area contributed by atoms with Crippen LogP contribution in [-0.4, -0.2) is 61.7 Å². The number of hydrogen-bond acceptors (Lipinski definition) is 3. The number of likely N-dealkylation sites (tertiary alicyclic amines) is 1. The van der Waals surface area contributed by atoms with Crippen molar-refractivity contribution in [1.82, 2.24) is 9.80 Å². The highest BCUT2D eigenvalue weighted by molar-refractivity contribution is 5.79. The minimum Gasteiger partial charge on any atom is -0.390 e. The van der Waals surface area contributed by atoms with E-state index in [1.165, 1.54) is 0 Å². The molecular weight excluding hydrogens is 208 g/mol. The maximum atomic E-state index is 11.5. The van der Waals surface area contributed by atoms with E-state index in [4.69, 9.17) is 5.73 Å². The Labute approximate surface area is 95.1 Å². The van der Waals surface area contributed by atoms with Crippen LogP contribution >= 0.6 is 0 Å². The SMILES string of the molecule is CN(CC1CCN(C=O)C1)C(=O)CN=CN. The molecule has 90 valence electrons. The number of rotatable bonds is 5. The van der Waals surface area contributed by atoms with E-state index in [0.717, 1.165) is 32.3 Å². The smallest absolute Gasteiger partial charge is 0.244 e. The van der Waals surface area contributed by atoms with Gasteiger partial charge in [0.25, 0.3) is 0 Å². The highest BCUT2D eigenvalue weighted by Gasteiger charge is 2.23. The van der Waals surface area contributed by atoms with Gasteiger partial charge in [-0.1, -0.05) is 0 Å². The van der Waals surface area contributed by atoms with Gasteiger partial charge in [-0.15, -0.1) is 0 Å². The summed E-state index contributed by atoms with van der Waals surface area (Å²) in [5.41, 5.74) is 5.07. The molecule has 1 rings (SSSR count). The molecule has 1 aliphatic heterocycles. The lowest BCUT2D eigenvalue weighted by molar-refractivity contribution is -0.128. The summed E-state index contributed by atoms with van der Waals surface area (Å²) in [6, 6.07) is 0. The normalized spacial score (nSPS) is 20.3. The van der Waals surface area contributed by atoms with E-state index < -0.39 is 0 Å². The van der Waals surface area contributed by atoms with Gasteiger partial charge in [0.05, 0.1) is 6.34 Å². The number of likely N-dealkylation sites (N-methyl/N-ethyl adjacent to an activating group) is 1. The maximum absolute atomic E-state index is 11.5. The van der Waals surface area contributed by atoms with Crippen LogP contribution in [0.5, 0.6) is 0 Å². The van der Waals surface area contributed by atoms with Gasteiger partial charge in [-0.05, 0) is 12.3 Å². The number of aliphatic imine (C=N–C) groups is 1. The standard InChI is InChI=1S/C10H18N4O2/c1-13(10(16)4-12-7-11)5-9-2-3-14(6-9)8-15/h7-9H,2-6H2,1H3,(H2,11,12). The van der Waals surface area contributed by atoms with E-state index in [1.54, 1.807) is 16.8 Å². The molecule has 0 spiro atoms. The Kier molecular flexibility index (Phi) is 4.75. The van der Waals surface area contributed by atoms with Crippen molar-refractivity contribution in [1.29, 1.82) is 0 Å². The van der Waals surface area contributed by atoms with Gasteiger partial charge in [0.2, 0.25) is 12.3 Å². The van der Waals surface area contributed by atoms with Gasteiger partial charge in [0.15, 0.2) is 0 Å². The van der Waals surface area contributed by atoms with Gasteiger partial charge >= 0.3 is 0 Å². The zero-order valence-electron chi connectivity index (χ0n) is 9.50. The molecule has 0 aliphatic carbocycles. The first kappa shape index (κ1) is 12.5. The molecule has 6 heteroatoms. The molecule has 2 amide bonds. The van der Waals surface area contributed by atoms with Crippen LogP contribution in [0.4, 0.5) is 0 Å². The summed E-state index contributed by atoms with van der Waals surface area (Å²) < 4.78 is 0. The average molecular weight is 226 g/mol. The summed E-state index contributed by atoms with van der Waals surface area (Å²) in [5.74, 6) is 0.326. The third kappa shape index (κ3) is 3.52. The Morgan fingerprint density at radius 1 is 1.69 bits per heavy atom. The number of nitrogens with two attached hydrogens (primary N) is 1. The van der Waals surface area contributed by atoms with E-state index in [2.05, 4.69) is 4.99 Å². The van der Waals surface area contributed by atoms with Crippen LogP contribution in [-0.2, 0) is 9.59 Å². The molecule has 1 aliphatic rings. The quantitative estimate of drug-likeness (QED) is 0.367. The first-order valence-electron chi connectivity index (χ1n) is 5.30. The second kappa shape index (κ2) is 6.09. The minimum absolute atomic E-state index is 0.0498. The molecule has 0 aromatic carbocycles. The fourth-order valence-electron chi connectivity index (χ4n) is 1.85. The molecule has 0 aromatic rings. The van der Waals surface area contributed by atoms with Crippen molar-refractivity contribution in [3.05, 3.63) is 0 Å². The molecule has 0 bridgehead atoms. The Morgan fingerprint density at radius 2 is 2.44 bits per heavy atom. The average Bonchev–Trinajstić information content (AvgIpc) is 2.73.